The Morgan fingerprint density at radius 1 is 0.275 bits per heavy atom. The zero-order valence-corrected chi connectivity index (χ0v) is 47.3. The molecule has 0 heterocycles. The molecule has 6 heteroatoms. The van der Waals surface area contributed by atoms with Crippen LogP contribution in [-0.4, -0.2) is 37.2 Å². The van der Waals surface area contributed by atoms with Crippen molar-refractivity contribution in [2.75, 3.05) is 13.2 Å². The zero-order valence-electron chi connectivity index (χ0n) is 47.3. The van der Waals surface area contributed by atoms with Crippen LogP contribution < -0.4 is 0 Å². The molecule has 1 atom stereocenters. The molecule has 0 fully saturated rings. The summed E-state index contributed by atoms with van der Waals surface area (Å²) in [5, 5.41) is 0. The van der Waals surface area contributed by atoms with Crippen molar-refractivity contribution in [3.05, 3.63) is 0 Å². The maximum absolute atomic E-state index is 12.9. The van der Waals surface area contributed by atoms with Crippen molar-refractivity contribution < 1.29 is 28.6 Å². The lowest BCUT2D eigenvalue weighted by molar-refractivity contribution is -0.167. The first-order valence-electron chi connectivity index (χ1n) is 31.4. The third-order valence-corrected chi connectivity index (χ3v) is 14.5. The van der Waals surface area contributed by atoms with E-state index in [1.54, 1.807) is 0 Å². The van der Waals surface area contributed by atoms with E-state index < -0.39 is 6.10 Å². The summed E-state index contributed by atoms with van der Waals surface area (Å²) in [6.07, 6.45) is 63.9. The Bertz CT molecular complexity index is 1040. The molecule has 0 aromatic rings. The minimum Gasteiger partial charge on any atom is -0.462 e. The van der Waals surface area contributed by atoms with Crippen molar-refractivity contribution in [1.29, 1.82) is 0 Å². The van der Waals surface area contributed by atoms with E-state index in [0.717, 1.165) is 63.7 Å². The highest BCUT2D eigenvalue weighted by Crippen LogP contribution is 2.19. The predicted octanol–water partition coefficient (Wildman–Crippen LogP) is 21.0. The van der Waals surface area contributed by atoms with Gasteiger partial charge >= 0.3 is 17.9 Å². The van der Waals surface area contributed by atoms with Gasteiger partial charge in [0.25, 0.3) is 0 Å². The molecule has 0 N–H and O–H groups in total. The van der Waals surface area contributed by atoms with Gasteiger partial charge < -0.3 is 14.2 Å². The highest BCUT2D eigenvalue weighted by Gasteiger charge is 2.19. The molecule has 0 unspecified atom stereocenters. The molecule has 0 aromatic carbocycles. The fourth-order valence-electron chi connectivity index (χ4n) is 9.81. The topological polar surface area (TPSA) is 78.9 Å². The van der Waals surface area contributed by atoms with Crippen LogP contribution in [0.25, 0.3) is 0 Å². The number of hydrogen-bond acceptors (Lipinski definition) is 6. The monoisotopic (exact) mass is 975 g/mol. The Morgan fingerprint density at radius 2 is 0.478 bits per heavy atom. The normalized spacial score (nSPS) is 12.0. The molecule has 0 radical (unpaired) electrons. The summed E-state index contributed by atoms with van der Waals surface area (Å²) in [6, 6.07) is 0. The summed E-state index contributed by atoms with van der Waals surface area (Å²) in [7, 11) is 0. The number of esters is 3. The zero-order chi connectivity index (χ0) is 50.2. The Hall–Kier alpha value is -1.59. The van der Waals surface area contributed by atoms with Gasteiger partial charge in [0.05, 0.1) is 0 Å². The first-order chi connectivity index (χ1) is 33.9. The summed E-state index contributed by atoms with van der Waals surface area (Å²) in [4.78, 5) is 38.3. The summed E-state index contributed by atoms with van der Waals surface area (Å²) >= 11 is 0. The molecule has 0 saturated heterocycles. The van der Waals surface area contributed by atoms with Crippen LogP contribution in [0.15, 0.2) is 0 Å². The van der Waals surface area contributed by atoms with Crippen LogP contribution in [0.2, 0.25) is 0 Å². The van der Waals surface area contributed by atoms with Crippen LogP contribution >= 0.6 is 0 Å². The van der Waals surface area contributed by atoms with E-state index in [-0.39, 0.29) is 31.1 Å². The van der Waals surface area contributed by atoms with Crippen molar-refractivity contribution in [2.45, 2.75) is 368 Å². The SMILES string of the molecule is CCCCCCCCCCCCCCCCCCCCCC(=O)OC[C@@H](COC(=O)CCCCCCCCCCCCCCCCC)OC(=O)CCCCCCCCCCCCCCCCC(C)C. The fraction of sp³-hybridized carbons (Fsp3) is 0.952. The molecular formula is C63H122O6. The van der Waals surface area contributed by atoms with Gasteiger partial charge in [-0.2, -0.15) is 0 Å². The quantitative estimate of drug-likeness (QED) is 0.0343. The molecule has 410 valence electrons. The summed E-state index contributed by atoms with van der Waals surface area (Å²) in [5.74, 6) is 0.0145. The van der Waals surface area contributed by atoms with Crippen LogP contribution in [0.3, 0.4) is 0 Å². The van der Waals surface area contributed by atoms with Gasteiger partial charge in [0, 0.05) is 19.3 Å². The first-order valence-corrected chi connectivity index (χ1v) is 31.4. The maximum Gasteiger partial charge on any atom is 0.306 e. The summed E-state index contributed by atoms with van der Waals surface area (Å²) in [5.41, 5.74) is 0. The molecule has 0 aromatic heterocycles. The van der Waals surface area contributed by atoms with Gasteiger partial charge in [-0.15, -0.1) is 0 Å². The standard InChI is InChI=1S/C63H122O6/c1-5-7-9-11-13-15-17-19-21-22-23-24-26-31-35-39-43-47-51-55-62(65)68-58-60(57-67-61(64)54-50-46-42-38-34-30-25-20-18-16-14-12-10-8-6-2)69-63(66)56-52-48-44-40-36-32-28-27-29-33-37-41-45-49-53-59(3)4/h59-60H,5-58H2,1-4H3/t60-/m1/s1. The molecule has 0 aliphatic carbocycles. The van der Waals surface area contributed by atoms with E-state index in [1.807, 2.05) is 0 Å². The van der Waals surface area contributed by atoms with Crippen LogP contribution in [0.1, 0.15) is 362 Å². The second-order valence-electron chi connectivity index (χ2n) is 22.2. The molecule has 0 bridgehead atoms. The molecule has 0 amide bonds. The van der Waals surface area contributed by atoms with Gasteiger partial charge in [-0.3, -0.25) is 14.4 Å². The van der Waals surface area contributed by atoms with E-state index in [1.165, 1.54) is 257 Å². The van der Waals surface area contributed by atoms with Crippen molar-refractivity contribution in [3.8, 4) is 0 Å². The van der Waals surface area contributed by atoms with E-state index in [0.29, 0.717) is 19.3 Å². The van der Waals surface area contributed by atoms with E-state index in [9.17, 15) is 14.4 Å². The van der Waals surface area contributed by atoms with E-state index >= 15 is 0 Å². The fourth-order valence-corrected chi connectivity index (χ4v) is 9.81. The second-order valence-corrected chi connectivity index (χ2v) is 22.2. The number of rotatable bonds is 58. The Morgan fingerprint density at radius 3 is 0.710 bits per heavy atom. The lowest BCUT2D eigenvalue weighted by Gasteiger charge is -2.18. The lowest BCUT2D eigenvalue weighted by Crippen LogP contribution is -2.30. The van der Waals surface area contributed by atoms with Crippen molar-refractivity contribution in [2.24, 2.45) is 5.92 Å². The minimum atomic E-state index is -0.763. The molecule has 0 aliphatic heterocycles. The number of unbranched alkanes of at least 4 members (excludes halogenated alkanes) is 45. The van der Waals surface area contributed by atoms with Gasteiger partial charge in [0.1, 0.15) is 13.2 Å². The predicted molar refractivity (Wildman–Crippen MR) is 298 cm³/mol. The average Bonchev–Trinajstić information content (AvgIpc) is 3.34. The van der Waals surface area contributed by atoms with Gasteiger partial charge in [-0.25, -0.2) is 0 Å². The molecule has 0 spiro atoms. The average molecular weight is 976 g/mol. The third kappa shape index (κ3) is 57.2. The summed E-state index contributed by atoms with van der Waals surface area (Å²) in [6.45, 7) is 9.09. The van der Waals surface area contributed by atoms with Crippen molar-refractivity contribution in [1.82, 2.24) is 0 Å². The number of carbonyl (C=O) groups is 3. The van der Waals surface area contributed by atoms with Crippen LogP contribution in [0.4, 0.5) is 0 Å². The van der Waals surface area contributed by atoms with Crippen LogP contribution in [0, 0.1) is 5.92 Å². The minimum absolute atomic E-state index is 0.0613. The van der Waals surface area contributed by atoms with Crippen LogP contribution in [-0.2, 0) is 28.6 Å². The number of carbonyl (C=O) groups excluding carboxylic acids is 3. The Labute approximate surface area is 431 Å². The molecule has 0 rings (SSSR count). The molecule has 69 heavy (non-hydrogen) atoms. The molecule has 0 aliphatic rings. The lowest BCUT2D eigenvalue weighted by atomic mass is 10.0. The first kappa shape index (κ1) is 67.4. The summed E-state index contributed by atoms with van der Waals surface area (Å²) < 4.78 is 16.9. The largest absolute Gasteiger partial charge is 0.462 e. The van der Waals surface area contributed by atoms with E-state index in [2.05, 4.69) is 27.7 Å². The van der Waals surface area contributed by atoms with Gasteiger partial charge in [0.2, 0.25) is 0 Å². The van der Waals surface area contributed by atoms with Gasteiger partial charge in [-0.05, 0) is 25.2 Å². The number of hydrogen-bond donors (Lipinski definition) is 0. The number of ether oxygens (including phenoxy) is 3. The highest BCUT2D eigenvalue weighted by atomic mass is 16.6. The van der Waals surface area contributed by atoms with Crippen molar-refractivity contribution >= 4 is 17.9 Å². The van der Waals surface area contributed by atoms with Crippen molar-refractivity contribution in [3.63, 3.8) is 0 Å². The highest BCUT2D eigenvalue weighted by molar-refractivity contribution is 5.71. The third-order valence-electron chi connectivity index (χ3n) is 14.5. The molecular weight excluding hydrogens is 853 g/mol. The second kappa shape index (κ2) is 57.3. The molecule has 6 nitrogen and oxygen atoms in total. The van der Waals surface area contributed by atoms with Gasteiger partial charge in [-0.1, -0.05) is 323 Å². The Balaban J connectivity index is 4.28. The Kier molecular flexibility index (Phi) is 56.0. The van der Waals surface area contributed by atoms with Crippen LogP contribution in [0.5, 0.6) is 0 Å². The van der Waals surface area contributed by atoms with Gasteiger partial charge in [0.15, 0.2) is 6.10 Å². The van der Waals surface area contributed by atoms with E-state index in [4.69, 9.17) is 14.2 Å². The maximum atomic E-state index is 12.9. The smallest absolute Gasteiger partial charge is 0.306 e. The molecule has 0 saturated carbocycles.